The highest BCUT2D eigenvalue weighted by Gasteiger charge is 2.27. The minimum absolute atomic E-state index is 0.154. The van der Waals surface area contributed by atoms with E-state index < -0.39 is 0 Å². The van der Waals surface area contributed by atoms with Gasteiger partial charge in [-0.1, -0.05) is 12.1 Å². The summed E-state index contributed by atoms with van der Waals surface area (Å²) in [6.45, 7) is 0.722. The summed E-state index contributed by atoms with van der Waals surface area (Å²) in [7, 11) is 1.82. The maximum absolute atomic E-state index is 12.8. The second-order valence-corrected chi connectivity index (χ2v) is 7.51. The van der Waals surface area contributed by atoms with Crippen molar-refractivity contribution in [1.82, 2.24) is 19.9 Å². The van der Waals surface area contributed by atoms with Crippen LogP contribution in [-0.4, -0.2) is 46.4 Å². The summed E-state index contributed by atoms with van der Waals surface area (Å²) >= 11 is 0. The average molecular weight is 390 g/mol. The molecule has 8 heteroatoms. The molecule has 2 N–H and O–H groups in total. The first kappa shape index (κ1) is 17.7. The van der Waals surface area contributed by atoms with Crippen molar-refractivity contribution >= 4 is 35.0 Å². The van der Waals surface area contributed by atoms with E-state index in [2.05, 4.69) is 20.5 Å². The third-order valence-corrected chi connectivity index (χ3v) is 5.86. The fourth-order valence-corrected chi connectivity index (χ4v) is 4.05. The number of nitrogens with one attached hydrogen (secondary N) is 2. The predicted molar refractivity (Wildman–Crippen MR) is 110 cm³/mol. The van der Waals surface area contributed by atoms with Gasteiger partial charge < -0.3 is 15.5 Å². The van der Waals surface area contributed by atoms with E-state index in [4.69, 9.17) is 5.10 Å². The minimum Gasteiger partial charge on any atom is -0.385 e. The Kier molecular flexibility index (Phi) is 4.19. The molecule has 1 aliphatic heterocycles. The van der Waals surface area contributed by atoms with Gasteiger partial charge in [0.25, 0.3) is 5.91 Å². The minimum atomic E-state index is -0.154. The van der Waals surface area contributed by atoms with Gasteiger partial charge in [-0.25, -0.2) is 9.50 Å². The highest BCUT2D eigenvalue weighted by molar-refractivity contribution is 5.94. The molecule has 148 valence electrons. The SMILES string of the molecule is CNc1cc(N2CCc3c(C=O)cccc32)nn2c(C(=O)NC3CCC3)cnc12. The van der Waals surface area contributed by atoms with Crippen LogP contribution in [-0.2, 0) is 6.42 Å². The summed E-state index contributed by atoms with van der Waals surface area (Å²) in [5, 5.41) is 11.0. The van der Waals surface area contributed by atoms with Crippen LogP contribution in [0.4, 0.5) is 17.2 Å². The Morgan fingerprint density at radius 3 is 2.90 bits per heavy atom. The van der Waals surface area contributed by atoms with Gasteiger partial charge in [0, 0.05) is 37.0 Å². The lowest BCUT2D eigenvalue weighted by Gasteiger charge is -2.26. The molecule has 0 bridgehead atoms. The molecule has 5 rings (SSSR count). The number of benzene rings is 1. The molecule has 1 aromatic carbocycles. The van der Waals surface area contributed by atoms with Crippen molar-refractivity contribution < 1.29 is 9.59 Å². The van der Waals surface area contributed by atoms with Gasteiger partial charge in [-0.05, 0) is 37.3 Å². The maximum atomic E-state index is 12.8. The van der Waals surface area contributed by atoms with Crippen molar-refractivity contribution in [2.45, 2.75) is 31.7 Å². The zero-order valence-electron chi connectivity index (χ0n) is 16.2. The largest absolute Gasteiger partial charge is 0.385 e. The second kappa shape index (κ2) is 6.88. The fraction of sp³-hybridized carbons (Fsp3) is 0.333. The molecule has 3 heterocycles. The van der Waals surface area contributed by atoms with Gasteiger partial charge in [0.2, 0.25) is 0 Å². The highest BCUT2D eigenvalue weighted by Crippen LogP contribution is 2.36. The van der Waals surface area contributed by atoms with Gasteiger partial charge in [0.05, 0.1) is 11.9 Å². The Hall–Kier alpha value is -3.42. The molecule has 1 aliphatic carbocycles. The number of carbonyl (C=O) groups excluding carboxylic acids is 2. The Morgan fingerprint density at radius 1 is 1.31 bits per heavy atom. The first-order valence-corrected chi connectivity index (χ1v) is 9.91. The van der Waals surface area contributed by atoms with Crippen LogP contribution in [0.1, 0.15) is 45.7 Å². The molecular weight excluding hydrogens is 368 g/mol. The molecule has 1 saturated carbocycles. The number of aromatic nitrogens is 3. The normalized spacial score (nSPS) is 15.8. The summed E-state index contributed by atoms with van der Waals surface area (Å²) in [5.41, 5.74) is 4.54. The second-order valence-electron chi connectivity index (χ2n) is 7.51. The predicted octanol–water partition coefficient (Wildman–Crippen LogP) is 2.56. The number of anilines is 3. The van der Waals surface area contributed by atoms with Crippen LogP contribution in [0, 0.1) is 0 Å². The maximum Gasteiger partial charge on any atom is 0.271 e. The Morgan fingerprint density at radius 2 is 2.17 bits per heavy atom. The van der Waals surface area contributed by atoms with Crippen molar-refractivity contribution in [1.29, 1.82) is 0 Å². The summed E-state index contributed by atoms with van der Waals surface area (Å²) in [5.74, 6) is 0.554. The van der Waals surface area contributed by atoms with Crippen molar-refractivity contribution in [3.05, 3.63) is 47.3 Å². The van der Waals surface area contributed by atoms with Gasteiger partial charge in [0.15, 0.2) is 17.2 Å². The Labute approximate surface area is 167 Å². The smallest absolute Gasteiger partial charge is 0.271 e. The molecule has 8 nitrogen and oxygen atoms in total. The Bertz CT molecular complexity index is 1120. The van der Waals surface area contributed by atoms with Crippen LogP contribution in [0.25, 0.3) is 5.65 Å². The third kappa shape index (κ3) is 2.83. The number of aldehydes is 1. The molecular formula is C21H22N6O2. The molecule has 29 heavy (non-hydrogen) atoms. The number of hydrogen-bond acceptors (Lipinski definition) is 6. The van der Waals surface area contributed by atoms with Gasteiger partial charge in [-0.3, -0.25) is 9.59 Å². The number of fused-ring (bicyclic) bond motifs is 2. The van der Waals surface area contributed by atoms with Crippen LogP contribution < -0.4 is 15.5 Å². The molecule has 0 atom stereocenters. The molecule has 2 aromatic heterocycles. The van der Waals surface area contributed by atoms with Gasteiger partial charge >= 0.3 is 0 Å². The number of hydrogen-bond donors (Lipinski definition) is 2. The molecule has 1 fully saturated rings. The molecule has 0 spiro atoms. The Balaban J connectivity index is 1.58. The van der Waals surface area contributed by atoms with E-state index in [0.29, 0.717) is 22.7 Å². The van der Waals surface area contributed by atoms with E-state index in [0.717, 1.165) is 55.5 Å². The van der Waals surface area contributed by atoms with Crippen molar-refractivity contribution in [2.75, 3.05) is 23.8 Å². The number of amides is 1. The number of carbonyl (C=O) groups is 2. The van der Waals surface area contributed by atoms with Gasteiger partial charge in [-0.15, -0.1) is 5.10 Å². The van der Waals surface area contributed by atoms with Crippen molar-refractivity contribution in [3.8, 4) is 0 Å². The standard InChI is InChI=1S/C21H22N6O2/c1-22-16-10-19(26-9-8-15-13(12-28)4-2-7-17(15)26)25-27-18(11-23-20(16)27)21(29)24-14-5-3-6-14/h2,4,7,10-12,14,22H,3,5-6,8-9H2,1H3,(H,24,29). The first-order valence-electron chi connectivity index (χ1n) is 9.91. The molecule has 0 radical (unpaired) electrons. The third-order valence-electron chi connectivity index (χ3n) is 5.86. The van der Waals surface area contributed by atoms with Crippen molar-refractivity contribution in [2.24, 2.45) is 0 Å². The summed E-state index contributed by atoms with van der Waals surface area (Å²) in [6, 6.07) is 7.89. The van der Waals surface area contributed by atoms with Crippen LogP contribution in [0.2, 0.25) is 0 Å². The van der Waals surface area contributed by atoms with E-state index in [9.17, 15) is 9.59 Å². The van der Waals surface area contributed by atoms with Crippen molar-refractivity contribution in [3.63, 3.8) is 0 Å². The summed E-state index contributed by atoms with van der Waals surface area (Å²) in [6.07, 6.45) is 6.44. The molecule has 1 amide bonds. The zero-order valence-corrected chi connectivity index (χ0v) is 16.2. The average Bonchev–Trinajstić information content (AvgIpc) is 3.33. The molecule has 0 unspecified atom stereocenters. The lowest BCUT2D eigenvalue weighted by atomic mass is 9.93. The quantitative estimate of drug-likeness (QED) is 0.651. The van der Waals surface area contributed by atoms with E-state index in [1.165, 1.54) is 0 Å². The van der Waals surface area contributed by atoms with E-state index in [1.54, 1.807) is 10.7 Å². The summed E-state index contributed by atoms with van der Waals surface area (Å²) < 4.78 is 1.61. The van der Waals surface area contributed by atoms with Gasteiger partial charge in [0.1, 0.15) is 6.29 Å². The monoisotopic (exact) mass is 390 g/mol. The zero-order chi connectivity index (χ0) is 20.0. The number of nitrogens with zero attached hydrogens (tertiary/aromatic N) is 4. The summed E-state index contributed by atoms with van der Waals surface area (Å²) in [4.78, 5) is 30.6. The fourth-order valence-electron chi connectivity index (χ4n) is 4.05. The van der Waals surface area contributed by atoms with Crippen LogP contribution >= 0.6 is 0 Å². The lowest BCUT2D eigenvalue weighted by Crippen LogP contribution is -2.40. The van der Waals surface area contributed by atoms with Crippen LogP contribution in [0.5, 0.6) is 0 Å². The first-order chi connectivity index (χ1) is 14.2. The highest BCUT2D eigenvalue weighted by atomic mass is 16.2. The van der Waals surface area contributed by atoms with Crippen LogP contribution in [0.3, 0.4) is 0 Å². The number of imidazole rings is 1. The van der Waals surface area contributed by atoms with E-state index in [-0.39, 0.29) is 11.9 Å². The molecule has 0 saturated heterocycles. The van der Waals surface area contributed by atoms with Gasteiger partial charge in [-0.2, -0.15) is 0 Å². The van der Waals surface area contributed by atoms with E-state index in [1.807, 2.05) is 31.3 Å². The van der Waals surface area contributed by atoms with E-state index >= 15 is 0 Å². The molecule has 3 aromatic rings. The molecule has 2 aliphatic rings. The number of rotatable bonds is 5. The van der Waals surface area contributed by atoms with Crippen LogP contribution in [0.15, 0.2) is 30.5 Å². The lowest BCUT2D eigenvalue weighted by molar-refractivity contribution is 0.0909. The topological polar surface area (TPSA) is 91.6 Å².